The average molecular weight is 382 g/mol. The average Bonchev–Trinajstić information content (AvgIpc) is 3.13. The van der Waals surface area contributed by atoms with Gasteiger partial charge in [-0.2, -0.15) is 4.98 Å². The molecule has 0 spiro atoms. The summed E-state index contributed by atoms with van der Waals surface area (Å²) in [5.41, 5.74) is 7.04. The second-order valence-corrected chi connectivity index (χ2v) is 6.88. The van der Waals surface area contributed by atoms with Crippen LogP contribution in [0.25, 0.3) is 5.82 Å². The Morgan fingerprint density at radius 3 is 2.93 bits per heavy atom. The number of nitrogens with one attached hydrogen (secondary N) is 2. The van der Waals surface area contributed by atoms with E-state index in [4.69, 9.17) is 15.2 Å². The van der Waals surface area contributed by atoms with Crippen LogP contribution in [-0.2, 0) is 0 Å². The molecule has 0 saturated heterocycles. The van der Waals surface area contributed by atoms with Gasteiger partial charge in [0.15, 0.2) is 23.1 Å². The maximum atomic E-state index is 5.82. The fourth-order valence-corrected chi connectivity index (χ4v) is 2.81. The Morgan fingerprint density at radius 1 is 1.36 bits per heavy atom. The summed E-state index contributed by atoms with van der Waals surface area (Å²) in [6, 6.07) is 1.83. The number of pyridine rings is 1. The van der Waals surface area contributed by atoms with Crippen molar-refractivity contribution in [3.8, 4) is 17.3 Å². The molecule has 0 aromatic carbocycles. The molecule has 28 heavy (non-hydrogen) atoms. The predicted molar refractivity (Wildman–Crippen MR) is 105 cm³/mol. The number of nitrogens with two attached hydrogens (primary N) is 1. The maximum Gasteiger partial charge on any atom is 0.229 e. The van der Waals surface area contributed by atoms with E-state index in [9.17, 15) is 0 Å². The molecule has 1 atom stereocenters. The lowest BCUT2D eigenvalue weighted by molar-refractivity contribution is 0.231. The molecule has 1 aliphatic heterocycles. The highest BCUT2D eigenvalue weighted by molar-refractivity contribution is 5.61. The molecule has 0 amide bonds. The van der Waals surface area contributed by atoms with Gasteiger partial charge in [0, 0.05) is 18.8 Å². The second-order valence-electron chi connectivity index (χ2n) is 6.88. The van der Waals surface area contributed by atoms with Gasteiger partial charge in [-0.05, 0) is 13.8 Å². The first-order chi connectivity index (χ1) is 13.5. The highest BCUT2D eigenvalue weighted by atomic mass is 16.5. The topological polar surface area (TPSA) is 125 Å². The third kappa shape index (κ3) is 3.41. The molecule has 4 heterocycles. The van der Waals surface area contributed by atoms with Gasteiger partial charge in [0.2, 0.25) is 5.95 Å². The van der Waals surface area contributed by atoms with Crippen LogP contribution >= 0.6 is 0 Å². The van der Waals surface area contributed by atoms with Gasteiger partial charge in [-0.15, -0.1) is 0 Å². The summed E-state index contributed by atoms with van der Waals surface area (Å²) in [6.07, 6.45) is 6.88. The molecule has 4 N–H and O–H groups in total. The Hall–Kier alpha value is -3.40. The summed E-state index contributed by atoms with van der Waals surface area (Å²) in [5.74, 6) is 2.85. The van der Waals surface area contributed by atoms with Crippen LogP contribution in [0.1, 0.15) is 12.6 Å². The fraction of sp³-hybridized carbons (Fsp3) is 0.333. The number of methoxy groups -OCH3 is 1. The molecule has 3 aromatic heterocycles. The van der Waals surface area contributed by atoms with Crippen LogP contribution in [-0.4, -0.2) is 50.3 Å². The maximum absolute atomic E-state index is 5.82. The number of fused-ring (bicyclic) bond motifs is 1. The van der Waals surface area contributed by atoms with Gasteiger partial charge in [0.05, 0.1) is 36.4 Å². The zero-order valence-electron chi connectivity index (χ0n) is 15.9. The van der Waals surface area contributed by atoms with Crippen LogP contribution in [0.3, 0.4) is 0 Å². The molecule has 10 nitrogen and oxygen atoms in total. The molecule has 0 bridgehead atoms. The van der Waals surface area contributed by atoms with E-state index < -0.39 is 0 Å². The molecule has 0 fully saturated rings. The van der Waals surface area contributed by atoms with E-state index in [0.717, 1.165) is 5.69 Å². The van der Waals surface area contributed by atoms with Crippen LogP contribution in [0.5, 0.6) is 11.5 Å². The van der Waals surface area contributed by atoms with Gasteiger partial charge in [-0.1, -0.05) is 0 Å². The SMILES string of the molecule is COc1cc(Nc2ncc3c(n2)NC(C)(CN)CO3)cnc1-n1cnc(C)c1. The van der Waals surface area contributed by atoms with Crippen molar-refractivity contribution in [2.24, 2.45) is 5.73 Å². The van der Waals surface area contributed by atoms with Crippen molar-refractivity contribution in [1.29, 1.82) is 0 Å². The van der Waals surface area contributed by atoms with Gasteiger partial charge in [-0.3, -0.25) is 4.57 Å². The Kier molecular flexibility index (Phi) is 4.47. The zero-order valence-corrected chi connectivity index (χ0v) is 15.9. The van der Waals surface area contributed by atoms with Crippen molar-refractivity contribution in [3.05, 3.63) is 36.7 Å². The molecule has 10 heteroatoms. The molecule has 0 saturated carbocycles. The molecule has 146 valence electrons. The molecule has 1 unspecified atom stereocenters. The van der Waals surface area contributed by atoms with E-state index in [-0.39, 0.29) is 5.54 Å². The fourth-order valence-electron chi connectivity index (χ4n) is 2.81. The number of anilines is 3. The van der Waals surface area contributed by atoms with Crippen LogP contribution in [0, 0.1) is 6.92 Å². The van der Waals surface area contributed by atoms with Crippen molar-refractivity contribution < 1.29 is 9.47 Å². The molecular weight excluding hydrogens is 360 g/mol. The first-order valence-corrected chi connectivity index (χ1v) is 8.80. The molecule has 3 aromatic rings. The van der Waals surface area contributed by atoms with Gasteiger partial charge < -0.3 is 25.8 Å². The largest absolute Gasteiger partial charge is 0.493 e. The van der Waals surface area contributed by atoms with Crippen LogP contribution < -0.4 is 25.8 Å². The number of ether oxygens (including phenoxy) is 2. The summed E-state index contributed by atoms with van der Waals surface area (Å²) in [6.45, 7) is 4.79. The minimum Gasteiger partial charge on any atom is -0.493 e. The highest BCUT2D eigenvalue weighted by Gasteiger charge is 2.30. The van der Waals surface area contributed by atoms with Gasteiger partial charge in [-0.25, -0.2) is 15.0 Å². The Morgan fingerprint density at radius 2 is 2.21 bits per heavy atom. The summed E-state index contributed by atoms with van der Waals surface area (Å²) in [4.78, 5) is 17.5. The molecule has 0 aliphatic carbocycles. The first-order valence-electron chi connectivity index (χ1n) is 8.80. The van der Waals surface area contributed by atoms with E-state index in [0.29, 0.717) is 47.9 Å². The third-order valence-corrected chi connectivity index (χ3v) is 4.44. The molecule has 4 rings (SSSR count). The quantitative estimate of drug-likeness (QED) is 0.604. The number of nitrogens with zero attached hydrogens (tertiary/aromatic N) is 5. The summed E-state index contributed by atoms with van der Waals surface area (Å²) in [5, 5.41) is 6.45. The molecule has 1 aliphatic rings. The van der Waals surface area contributed by atoms with Crippen molar-refractivity contribution >= 4 is 17.5 Å². The smallest absolute Gasteiger partial charge is 0.229 e. The van der Waals surface area contributed by atoms with Crippen molar-refractivity contribution in [2.75, 3.05) is 30.9 Å². The van der Waals surface area contributed by atoms with Gasteiger partial charge in [0.1, 0.15) is 12.9 Å². The summed E-state index contributed by atoms with van der Waals surface area (Å²) in [7, 11) is 1.60. The normalized spacial score (nSPS) is 18.0. The van der Waals surface area contributed by atoms with E-state index in [1.807, 2.05) is 30.7 Å². The summed E-state index contributed by atoms with van der Waals surface area (Å²) < 4.78 is 13.0. The third-order valence-electron chi connectivity index (χ3n) is 4.44. The Balaban J connectivity index is 1.59. The van der Waals surface area contributed by atoms with E-state index >= 15 is 0 Å². The number of aromatic nitrogens is 5. The zero-order chi connectivity index (χ0) is 19.7. The lowest BCUT2D eigenvalue weighted by Crippen LogP contribution is -2.50. The van der Waals surface area contributed by atoms with E-state index in [2.05, 4.69) is 30.6 Å². The minimum absolute atomic E-state index is 0.367. The van der Waals surface area contributed by atoms with E-state index in [1.54, 1.807) is 25.8 Å². The number of hydrogen-bond donors (Lipinski definition) is 3. The first kappa shape index (κ1) is 18.0. The van der Waals surface area contributed by atoms with Crippen LogP contribution in [0.2, 0.25) is 0 Å². The molecule has 0 radical (unpaired) electrons. The van der Waals surface area contributed by atoms with Crippen LogP contribution in [0.4, 0.5) is 17.5 Å². The van der Waals surface area contributed by atoms with Crippen molar-refractivity contribution in [1.82, 2.24) is 24.5 Å². The summed E-state index contributed by atoms with van der Waals surface area (Å²) >= 11 is 0. The Labute approximate surface area is 162 Å². The van der Waals surface area contributed by atoms with Gasteiger partial charge in [0.25, 0.3) is 0 Å². The Bertz CT molecular complexity index is 1010. The van der Waals surface area contributed by atoms with Gasteiger partial charge >= 0.3 is 0 Å². The minimum atomic E-state index is -0.367. The lowest BCUT2D eigenvalue weighted by atomic mass is 10.0. The number of hydrogen-bond acceptors (Lipinski definition) is 9. The number of aryl methyl sites for hydroxylation is 1. The van der Waals surface area contributed by atoms with Crippen LogP contribution in [0.15, 0.2) is 31.0 Å². The monoisotopic (exact) mass is 382 g/mol. The number of imidazole rings is 1. The lowest BCUT2D eigenvalue weighted by Gasteiger charge is -2.34. The van der Waals surface area contributed by atoms with Crippen molar-refractivity contribution in [2.45, 2.75) is 19.4 Å². The number of rotatable bonds is 5. The second kappa shape index (κ2) is 6.97. The standard InChI is InChI=1S/C18H22N8O2/c1-11-7-26(10-22-11)16-13(27-3)4-12(5-20-16)23-17-21-6-14-15(24-17)25-18(2,8-19)9-28-14/h4-7,10H,8-9,19H2,1-3H3,(H2,21,23,24,25). The molecular formula is C18H22N8O2. The van der Waals surface area contributed by atoms with Crippen molar-refractivity contribution in [3.63, 3.8) is 0 Å². The predicted octanol–water partition coefficient (Wildman–Crippen LogP) is 1.64. The van der Waals surface area contributed by atoms with E-state index in [1.165, 1.54) is 0 Å². The highest BCUT2D eigenvalue weighted by Crippen LogP contribution is 2.31.